The molecule has 5 nitrogen and oxygen atoms in total. The van der Waals surface area contributed by atoms with Crippen molar-refractivity contribution in [2.45, 2.75) is 51.2 Å². The van der Waals surface area contributed by atoms with Crippen LogP contribution in [0.15, 0.2) is 42.7 Å². The van der Waals surface area contributed by atoms with Gasteiger partial charge in [-0.05, 0) is 30.4 Å². The summed E-state index contributed by atoms with van der Waals surface area (Å²) in [6.45, 7) is 7.62. The molecule has 2 saturated heterocycles. The summed E-state index contributed by atoms with van der Waals surface area (Å²) in [6.07, 6.45) is 6.52. The first-order valence-corrected chi connectivity index (χ1v) is 10.1. The molecule has 2 aliphatic rings. The molecule has 27 heavy (non-hydrogen) atoms. The fourth-order valence-electron chi connectivity index (χ4n) is 4.57. The van der Waals surface area contributed by atoms with Gasteiger partial charge >= 0.3 is 0 Å². The Hall–Kier alpha value is -2.24. The van der Waals surface area contributed by atoms with Gasteiger partial charge in [0.1, 0.15) is 0 Å². The highest BCUT2D eigenvalue weighted by Gasteiger charge is 2.32. The Labute approximate surface area is 160 Å². The van der Waals surface area contributed by atoms with Crippen LogP contribution in [0.1, 0.15) is 43.9 Å². The molecule has 0 amide bonds. The molecular formula is C22H27N5. The number of benzene rings is 1. The molecule has 1 N–H and O–H groups in total. The van der Waals surface area contributed by atoms with Crippen LogP contribution in [0.3, 0.4) is 0 Å². The maximum absolute atomic E-state index is 4.89. The van der Waals surface area contributed by atoms with Crippen molar-refractivity contribution in [1.29, 1.82) is 0 Å². The van der Waals surface area contributed by atoms with Gasteiger partial charge in [-0.15, -0.1) is 0 Å². The zero-order chi connectivity index (χ0) is 18.4. The van der Waals surface area contributed by atoms with E-state index in [1.54, 1.807) is 0 Å². The highest BCUT2D eigenvalue weighted by atomic mass is 15.2. The molecule has 2 fully saturated rings. The normalized spacial score (nSPS) is 22.8. The van der Waals surface area contributed by atoms with Gasteiger partial charge in [0.05, 0.1) is 11.4 Å². The minimum atomic E-state index is 0.539. The first kappa shape index (κ1) is 16.9. The van der Waals surface area contributed by atoms with Crippen LogP contribution in [-0.4, -0.2) is 44.4 Å². The van der Waals surface area contributed by atoms with Crippen molar-refractivity contribution >= 4 is 5.78 Å². The summed E-state index contributed by atoms with van der Waals surface area (Å²) in [7, 11) is 0. The molecule has 1 aromatic carbocycles. The van der Waals surface area contributed by atoms with E-state index >= 15 is 0 Å². The van der Waals surface area contributed by atoms with Gasteiger partial charge in [-0.1, -0.05) is 38.1 Å². The van der Waals surface area contributed by atoms with Gasteiger partial charge in [0.15, 0.2) is 0 Å². The van der Waals surface area contributed by atoms with Gasteiger partial charge < -0.3 is 5.32 Å². The van der Waals surface area contributed by atoms with Crippen LogP contribution in [0.25, 0.3) is 17.0 Å². The largest absolute Gasteiger partial charge is 0.309 e. The van der Waals surface area contributed by atoms with Crippen molar-refractivity contribution in [3.05, 3.63) is 54.0 Å². The Bertz CT molecular complexity index is 931. The Morgan fingerprint density at radius 2 is 1.85 bits per heavy atom. The smallest absolute Gasteiger partial charge is 0.234 e. The summed E-state index contributed by atoms with van der Waals surface area (Å²) >= 11 is 0. The predicted octanol–water partition coefficient (Wildman–Crippen LogP) is 3.46. The lowest BCUT2D eigenvalue weighted by molar-refractivity contribution is 0.187. The van der Waals surface area contributed by atoms with Crippen LogP contribution in [0.5, 0.6) is 0 Å². The summed E-state index contributed by atoms with van der Waals surface area (Å²) in [5.41, 5.74) is 4.85. The van der Waals surface area contributed by atoms with Crippen molar-refractivity contribution in [2.75, 3.05) is 13.1 Å². The first-order valence-electron chi connectivity index (χ1n) is 10.1. The molecule has 2 unspecified atom stereocenters. The zero-order valence-electron chi connectivity index (χ0n) is 16.1. The molecule has 2 atom stereocenters. The molecule has 2 aromatic heterocycles. The molecule has 0 aliphatic carbocycles. The molecule has 5 heteroatoms. The molecule has 2 aliphatic heterocycles. The number of nitrogens with one attached hydrogen (secondary N) is 1. The van der Waals surface area contributed by atoms with E-state index in [1.165, 1.54) is 29.7 Å². The molecule has 4 heterocycles. The fraction of sp³-hybridized carbons (Fsp3) is 0.455. The van der Waals surface area contributed by atoms with Crippen LogP contribution in [0.2, 0.25) is 0 Å². The van der Waals surface area contributed by atoms with Gasteiger partial charge in [-0.25, -0.2) is 9.97 Å². The number of fused-ring (bicyclic) bond motifs is 3. The second-order valence-corrected chi connectivity index (χ2v) is 8.31. The zero-order valence-corrected chi connectivity index (χ0v) is 16.1. The summed E-state index contributed by atoms with van der Waals surface area (Å²) in [4.78, 5) is 12.0. The maximum atomic E-state index is 4.89. The number of likely N-dealkylation sites (tertiary alicyclic amines) is 1. The summed E-state index contributed by atoms with van der Waals surface area (Å²) in [6, 6.07) is 12.2. The minimum absolute atomic E-state index is 0.539. The number of hydrogen-bond donors (Lipinski definition) is 1. The summed E-state index contributed by atoms with van der Waals surface area (Å²) in [5, 5.41) is 3.72. The topological polar surface area (TPSA) is 45.5 Å². The van der Waals surface area contributed by atoms with E-state index in [2.05, 4.69) is 63.9 Å². The van der Waals surface area contributed by atoms with Crippen LogP contribution in [0, 0.1) is 0 Å². The Morgan fingerprint density at radius 3 is 2.56 bits per heavy atom. The van der Waals surface area contributed by atoms with Crippen LogP contribution >= 0.6 is 0 Å². The van der Waals surface area contributed by atoms with Crippen molar-refractivity contribution < 1.29 is 0 Å². The third-order valence-corrected chi connectivity index (χ3v) is 6.02. The van der Waals surface area contributed by atoms with Crippen molar-refractivity contribution in [3.8, 4) is 11.3 Å². The maximum Gasteiger partial charge on any atom is 0.234 e. The van der Waals surface area contributed by atoms with Crippen molar-refractivity contribution in [2.24, 2.45) is 0 Å². The molecule has 140 valence electrons. The second kappa shape index (κ2) is 6.73. The van der Waals surface area contributed by atoms with Crippen molar-refractivity contribution in [3.63, 3.8) is 0 Å². The Balaban J connectivity index is 1.53. The fourth-order valence-corrected chi connectivity index (χ4v) is 4.57. The number of rotatable bonds is 4. The summed E-state index contributed by atoms with van der Waals surface area (Å²) in [5.74, 6) is 1.33. The number of piperazine rings is 1. The van der Waals surface area contributed by atoms with E-state index in [9.17, 15) is 0 Å². The van der Waals surface area contributed by atoms with Gasteiger partial charge in [0, 0.05) is 49.7 Å². The molecular weight excluding hydrogens is 334 g/mol. The molecule has 5 rings (SSSR count). The molecule has 0 radical (unpaired) electrons. The van der Waals surface area contributed by atoms with Gasteiger partial charge in [0.2, 0.25) is 5.78 Å². The second-order valence-electron chi connectivity index (χ2n) is 8.31. The molecule has 2 bridgehead atoms. The van der Waals surface area contributed by atoms with Crippen molar-refractivity contribution in [1.82, 2.24) is 24.6 Å². The van der Waals surface area contributed by atoms with Gasteiger partial charge in [-0.2, -0.15) is 0 Å². The van der Waals surface area contributed by atoms with Crippen LogP contribution in [0.4, 0.5) is 0 Å². The first-order chi connectivity index (χ1) is 13.2. The van der Waals surface area contributed by atoms with E-state index < -0.39 is 0 Å². The molecule has 0 saturated carbocycles. The lowest BCUT2D eigenvalue weighted by Crippen LogP contribution is -2.50. The SMILES string of the molecule is CC(C)c1ccc(-c2nc3ncccn3c2CN2CC3CCC(C2)N3)cc1. The average Bonchev–Trinajstić information content (AvgIpc) is 3.22. The van der Waals surface area contributed by atoms with Crippen LogP contribution in [-0.2, 0) is 6.54 Å². The monoisotopic (exact) mass is 361 g/mol. The molecule has 3 aromatic rings. The van der Waals surface area contributed by atoms with E-state index in [-0.39, 0.29) is 0 Å². The van der Waals surface area contributed by atoms with E-state index in [1.807, 2.05) is 12.3 Å². The Morgan fingerprint density at radius 1 is 1.11 bits per heavy atom. The quantitative estimate of drug-likeness (QED) is 0.773. The number of aromatic nitrogens is 3. The Kier molecular flexibility index (Phi) is 4.21. The predicted molar refractivity (Wildman–Crippen MR) is 108 cm³/mol. The third-order valence-electron chi connectivity index (χ3n) is 6.02. The van der Waals surface area contributed by atoms with Gasteiger partial charge in [0.25, 0.3) is 0 Å². The van der Waals surface area contributed by atoms with Crippen LogP contribution < -0.4 is 5.32 Å². The number of hydrogen-bond acceptors (Lipinski definition) is 4. The highest BCUT2D eigenvalue weighted by molar-refractivity contribution is 5.65. The highest BCUT2D eigenvalue weighted by Crippen LogP contribution is 2.28. The third kappa shape index (κ3) is 3.15. The number of nitrogens with zero attached hydrogens (tertiary/aromatic N) is 4. The van der Waals surface area contributed by atoms with Gasteiger partial charge in [-0.3, -0.25) is 9.30 Å². The summed E-state index contributed by atoms with van der Waals surface area (Å²) < 4.78 is 2.16. The molecule has 0 spiro atoms. The number of imidazole rings is 1. The van der Waals surface area contributed by atoms with E-state index in [0.717, 1.165) is 31.1 Å². The standard InChI is InChI=1S/C22H27N5/c1-15(2)16-4-6-17(7-5-16)21-20(27-11-3-10-23-22(27)25-21)14-26-12-18-8-9-19(13-26)24-18/h3-7,10-11,15,18-19,24H,8-9,12-14H2,1-2H3. The van der Waals surface area contributed by atoms with E-state index in [4.69, 9.17) is 4.98 Å². The lowest BCUT2D eigenvalue weighted by atomic mass is 10.0. The van der Waals surface area contributed by atoms with E-state index in [0.29, 0.717) is 18.0 Å². The lowest BCUT2D eigenvalue weighted by Gasteiger charge is -2.32. The minimum Gasteiger partial charge on any atom is -0.309 e. The average molecular weight is 361 g/mol.